The van der Waals surface area contributed by atoms with Gasteiger partial charge in [-0.25, -0.2) is 0 Å². The quantitative estimate of drug-likeness (QED) is 0.793. The van der Waals surface area contributed by atoms with Gasteiger partial charge in [-0.3, -0.25) is 9.69 Å². The second-order valence-corrected chi connectivity index (χ2v) is 5.85. The molecule has 4 heteroatoms. The minimum atomic E-state index is 0.0328. The molecule has 4 nitrogen and oxygen atoms in total. The summed E-state index contributed by atoms with van der Waals surface area (Å²) in [4.78, 5) is 14.4. The molecule has 1 atom stereocenters. The van der Waals surface area contributed by atoms with Crippen LogP contribution in [0.2, 0.25) is 0 Å². The molecule has 0 bridgehead atoms. The number of Topliss-reactive ketones (excluding diaryl/α,β-unsaturated/α-hetero) is 1. The lowest BCUT2D eigenvalue weighted by molar-refractivity contribution is 0.0414. The molecule has 1 aliphatic heterocycles. The lowest BCUT2D eigenvalue weighted by Gasteiger charge is -2.26. The number of para-hydroxylation sites is 1. The van der Waals surface area contributed by atoms with E-state index in [0.717, 1.165) is 37.1 Å². The Labute approximate surface area is 124 Å². The van der Waals surface area contributed by atoms with E-state index in [2.05, 4.69) is 4.90 Å². The lowest BCUT2D eigenvalue weighted by Crippen LogP contribution is -2.34. The van der Waals surface area contributed by atoms with Gasteiger partial charge in [-0.15, -0.1) is 0 Å². The number of benzene rings is 1. The van der Waals surface area contributed by atoms with Crippen LogP contribution in [0, 0.1) is 5.92 Å². The summed E-state index contributed by atoms with van der Waals surface area (Å²) in [5.41, 5.74) is 0.768. The van der Waals surface area contributed by atoms with E-state index >= 15 is 0 Å². The lowest BCUT2D eigenvalue weighted by atomic mass is 10.0. The number of nitrogens with zero attached hydrogens (tertiary/aromatic N) is 1. The summed E-state index contributed by atoms with van der Waals surface area (Å²) in [6.07, 6.45) is 2.30. The summed E-state index contributed by atoms with van der Waals surface area (Å²) in [6, 6.07) is 9.53. The summed E-state index contributed by atoms with van der Waals surface area (Å²) in [6.45, 7) is 2.96. The topological polar surface area (TPSA) is 42.7 Å². The van der Waals surface area contributed by atoms with E-state index in [1.54, 1.807) is 0 Å². The first-order valence-electron chi connectivity index (χ1n) is 7.50. The maximum atomic E-state index is 12.3. The van der Waals surface area contributed by atoms with Crippen LogP contribution in [0.3, 0.4) is 0 Å². The Hall–Kier alpha value is -1.65. The monoisotopic (exact) mass is 287 g/mol. The molecule has 0 N–H and O–H groups in total. The molecule has 0 aliphatic carbocycles. The van der Waals surface area contributed by atoms with Crippen LogP contribution in [0.4, 0.5) is 0 Å². The van der Waals surface area contributed by atoms with Crippen LogP contribution >= 0.6 is 0 Å². The number of likely N-dealkylation sites (N-methyl/N-ethyl adjacent to an activating group) is 1. The third kappa shape index (κ3) is 3.52. The van der Waals surface area contributed by atoms with E-state index in [1.807, 2.05) is 37.4 Å². The molecule has 1 aromatic heterocycles. The van der Waals surface area contributed by atoms with Crippen LogP contribution in [0.25, 0.3) is 11.0 Å². The van der Waals surface area contributed by atoms with Crippen LogP contribution < -0.4 is 0 Å². The number of carbonyl (C=O) groups is 1. The van der Waals surface area contributed by atoms with Crippen LogP contribution in [-0.4, -0.2) is 44.0 Å². The summed E-state index contributed by atoms with van der Waals surface area (Å²) < 4.78 is 11.1. The maximum absolute atomic E-state index is 12.3. The molecule has 1 saturated heterocycles. The highest BCUT2D eigenvalue weighted by atomic mass is 16.5. The van der Waals surface area contributed by atoms with Gasteiger partial charge in [-0.2, -0.15) is 0 Å². The SMILES string of the molecule is CN(CC(=O)c1cc2ccccc2o1)CC1CCCOC1. The van der Waals surface area contributed by atoms with Gasteiger partial charge in [0, 0.05) is 18.5 Å². The van der Waals surface area contributed by atoms with Crippen molar-refractivity contribution in [3.05, 3.63) is 36.1 Å². The van der Waals surface area contributed by atoms with Crippen LogP contribution in [-0.2, 0) is 4.74 Å². The Morgan fingerprint density at radius 2 is 2.24 bits per heavy atom. The molecule has 1 aliphatic rings. The van der Waals surface area contributed by atoms with Gasteiger partial charge in [0.25, 0.3) is 0 Å². The zero-order valence-corrected chi connectivity index (χ0v) is 12.4. The predicted molar refractivity (Wildman–Crippen MR) is 81.6 cm³/mol. The molecule has 1 unspecified atom stereocenters. The smallest absolute Gasteiger partial charge is 0.211 e. The Balaban J connectivity index is 1.59. The standard InChI is InChI=1S/C17H21NO3/c1-18(10-13-5-4-8-20-12-13)11-15(19)17-9-14-6-2-3-7-16(14)21-17/h2-3,6-7,9,13H,4-5,8,10-12H2,1H3. The number of furan rings is 1. The van der Waals surface area contributed by atoms with Gasteiger partial charge in [0.05, 0.1) is 13.2 Å². The molecule has 0 saturated carbocycles. The van der Waals surface area contributed by atoms with Crippen molar-refractivity contribution in [3.8, 4) is 0 Å². The Kier molecular flexibility index (Phi) is 4.36. The number of hydrogen-bond donors (Lipinski definition) is 0. The maximum Gasteiger partial charge on any atom is 0.211 e. The van der Waals surface area contributed by atoms with Crippen molar-refractivity contribution in [1.29, 1.82) is 0 Å². The molecule has 2 aromatic rings. The van der Waals surface area contributed by atoms with Gasteiger partial charge >= 0.3 is 0 Å². The van der Waals surface area contributed by atoms with Crippen molar-refractivity contribution in [2.75, 3.05) is 33.4 Å². The minimum Gasteiger partial charge on any atom is -0.453 e. The van der Waals surface area contributed by atoms with Gasteiger partial charge in [0.1, 0.15) is 5.58 Å². The van der Waals surface area contributed by atoms with Gasteiger partial charge in [0.2, 0.25) is 5.78 Å². The number of hydrogen-bond acceptors (Lipinski definition) is 4. The second kappa shape index (κ2) is 6.41. The van der Waals surface area contributed by atoms with E-state index in [9.17, 15) is 4.79 Å². The van der Waals surface area contributed by atoms with Crippen molar-refractivity contribution in [3.63, 3.8) is 0 Å². The molecular formula is C17H21NO3. The minimum absolute atomic E-state index is 0.0328. The van der Waals surface area contributed by atoms with Crippen molar-refractivity contribution in [2.45, 2.75) is 12.8 Å². The number of carbonyl (C=O) groups excluding carboxylic acids is 1. The fourth-order valence-corrected chi connectivity index (χ4v) is 2.90. The van der Waals surface area contributed by atoms with Gasteiger partial charge in [-0.1, -0.05) is 18.2 Å². The van der Waals surface area contributed by atoms with Crippen molar-refractivity contribution >= 4 is 16.8 Å². The van der Waals surface area contributed by atoms with Crippen LogP contribution in [0.5, 0.6) is 0 Å². The van der Waals surface area contributed by atoms with E-state index in [1.165, 1.54) is 6.42 Å². The zero-order valence-electron chi connectivity index (χ0n) is 12.4. The normalized spacial score (nSPS) is 19.2. The van der Waals surface area contributed by atoms with Crippen LogP contribution in [0.1, 0.15) is 23.4 Å². The fourth-order valence-electron chi connectivity index (χ4n) is 2.90. The van der Waals surface area contributed by atoms with Gasteiger partial charge < -0.3 is 9.15 Å². The van der Waals surface area contributed by atoms with E-state index in [4.69, 9.17) is 9.15 Å². The zero-order chi connectivity index (χ0) is 14.7. The van der Waals surface area contributed by atoms with Crippen molar-refractivity contribution in [1.82, 2.24) is 4.90 Å². The number of ether oxygens (including phenoxy) is 1. The van der Waals surface area contributed by atoms with Gasteiger partial charge in [-0.05, 0) is 37.9 Å². The van der Waals surface area contributed by atoms with E-state index in [0.29, 0.717) is 18.2 Å². The third-order valence-electron chi connectivity index (χ3n) is 3.94. The average Bonchev–Trinajstić information content (AvgIpc) is 2.92. The molecule has 112 valence electrons. The number of rotatable bonds is 5. The molecule has 0 amide bonds. The van der Waals surface area contributed by atoms with Crippen LogP contribution in [0.15, 0.2) is 34.7 Å². The molecule has 1 aromatic carbocycles. The molecule has 2 heterocycles. The third-order valence-corrected chi connectivity index (χ3v) is 3.94. The first kappa shape index (κ1) is 14.3. The molecule has 0 spiro atoms. The largest absolute Gasteiger partial charge is 0.453 e. The highest BCUT2D eigenvalue weighted by molar-refractivity contribution is 5.98. The van der Waals surface area contributed by atoms with E-state index < -0.39 is 0 Å². The summed E-state index contributed by atoms with van der Waals surface area (Å²) >= 11 is 0. The summed E-state index contributed by atoms with van der Waals surface area (Å²) in [5, 5.41) is 0.976. The number of fused-ring (bicyclic) bond motifs is 1. The fraction of sp³-hybridized carbons (Fsp3) is 0.471. The van der Waals surface area contributed by atoms with E-state index in [-0.39, 0.29) is 5.78 Å². The Bertz CT molecular complexity index is 580. The first-order chi connectivity index (χ1) is 10.2. The highest BCUT2D eigenvalue weighted by Crippen LogP contribution is 2.20. The molecule has 21 heavy (non-hydrogen) atoms. The molecule has 1 fully saturated rings. The number of ketones is 1. The molecule has 0 radical (unpaired) electrons. The van der Waals surface area contributed by atoms with Crippen molar-refractivity contribution in [2.24, 2.45) is 5.92 Å². The summed E-state index contributed by atoms with van der Waals surface area (Å²) in [7, 11) is 1.98. The van der Waals surface area contributed by atoms with Crippen molar-refractivity contribution < 1.29 is 13.9 Å². The molecule has 3 rings (SSSR count). The Morgan fingerprint density at radius 3 is 3.00 bits per heavy atom. The second-order valence-electron chi connectivity index (χ2n) is 5.85. The highest BCUT2D eigenvalue weighted by Gasteiger charge is 2.19. The average molecular weight is 287 g/mol. The Morgan fingerprint density at radius 1 is 1.38 bits per heavy atom. The summed E-state index contributed by atoms with van der Waals surface area (Å²) in [5.74, 6) is 1.01. The molecular weight excluding hydrogens is 266 g/mol. The van der Waals surface area contributed by atoms with Gasteiger partial charge in [0.15, 0.2) is 5.76 Å². The first-order valence-corrected chi connectivity index (χ1v) is 7.50. The predicted octanol–water partition coefficient (Wildman–Crippen LogP) is 2.97.